The lowest BCUT2D eigenvalue weighted by atomic mass is 10.1. The molecule has 1 saturated heterocycles. The van der Waals surface area contributed by atoms with Crippen molar-refractivity contribution in [1.82, 2.24) is 10.4 Å². The molecule has 1 amide bonds. The molecule has 0 saturated carbocycles. The van der Waals surface area contributed by atoms with Gasteiger partial charge < -0.3 is 4.74 Å². The molecule has 0 radical (unpaired) electrons. The summed E-state index contributed by atoms with van der Waals surface area (Å²) in [7, 11) is 0. The monoisotopic (exact) mass is 366 g/mol. The second-order valence-corrected chi connectivity index (χ2v) is 7.47. The number of ether oxygens (including phenoxy) is 1. The normalized spacial score (nSPS) is 15.6. The molecule has 1 heterocycles. The van der Waals surface area contributed by atoms with Crippen LogP contribution in [0, 0.1) is 0 Å². The molecule has 4 heteroatoms. The molecule has 1 aliphatic rings. The quantitative estimate of drug-likeness (QED) is 0.294. The Bertz CT molecular complexity index is 352. The second-order valence-electron chi connectivity index (χ2n) is 7.47. The molecule has 1 fully saturated rings. The van der Waals surface area contributed by atoms with E-state index in [0.29, 0.717) is 19.6 Å². The van der Waals surface area contributed by atoms with Crippen LogP contribution in [-0.2, 0) is 9.53 Å². The molecule has 0 aromatic rings. The zero-order valence-corrected chi connectivity index (χ0v) is 17.1. The minimum Gasteiger partial charge on any atom is -0.379 e. The van der Waals surface area contributed by atoms with Crippen LogP contribution < -0.4 is 5.43 Å². The lowest BCUT2D eigenvalue weighted by Gasteiger charge is -2.26. The molecule has 26 heavy (non-hydrogen) atoms. The molecule has 0 spiro atoms. The number of hydrazine groups is 1. The second kappa shape index (κ2) is 17.5. The zero-order valence-electron chi connectivity index (χ0n) is 17.1. The number of hydrogen-bond donors (Lipinski definition) is 1. The lowest BCUT2D eigenvalue weighted by molar-refractivity contribution is -0.128. The van der Waals surface area contributed by atoms with Gasteiger partial charge in [-0.15, -0.1) is 0 Å². The molecule has 1 rings (SSSR count). The Morgan fingerprint density at radius 1 is 0.846 bits per heavy atom. The fourth-order valence-electron chi connectivity index (χ4n) is 3.26. The van der Waals surface area contributed by atoms with Gasteiger partial charge in [-0.25, -0.2) is 5.01 Å². The molecule has 0 aromatic heterocycles. The third-order valence-electron chi connectivity index (χ3n) is 4.96. The summed E-state index contributed by atoms with van der Waals surface area (Å²) >= 11 is 0. The van der Waals surface area contributed by atoms with Crippen LogP contribution in [0.4, 0.5) is 0 Å². The topological polar surface area (TPSA) is 41.6 Å². The summed E-state index contributed by atoms with van der Waals surface area (Å²) in [6.07, 6.45) is 22.1. The summed E-state index contributed by atoms with van der Waals surface area (Å²) in [5.41, 5.74) is 2.97. The van der Waals surface area contributed by atoms with Gasteiger partial charge in [0.25, 0.3) is 0 Å². The number of unbranched alkanes of at least 4 members (excludes halogenated alkanes) is 11. The first-order valence-corrected chi connectivity index (χ1v) is 11.1. The molecule has 0 aromatic carbocycles. The summed E-state index contributed by atoms with van der Waals surface area (Å²) in [6.45, 7) is 5.31. The Labute approximate surface area is 161 Å². The molecule has 0 atom stereocenters. The Hall–Kier alpha value is -0.870. The molecule has 4 nitrogen and oxygen atoms in total. The summed E-state index contributed by atoms with van der Waals surface area (Å²) in [4.78, 5) is 11.8. The van der Waals surface area contributed by atoms with Crippen LogP contribution in [0.5, 0.6) is 0 Å². The third-order valence-corrected chi connectivity index (χ3v) is 4.96. The highest BCUT2D eigenvalue weighted by Crippen LogP contribution is 2.10. The first-order valence-electron chi connectivity index (χ1n) is 11.1. The first kappa shape index (κ1) is 23.2. The largest absolute Gasteiger partial charge is 0.379 e. The van der Waals surface area contributed by atoms with Crippen LogP contribution in [0.15, 0.2) is 12.2 Å². The van der Waals surface area contributed by atoms with E-state index >= 15 is 0 Å². The number of nitrogens with zero attached hydrogens (tertiary/aromatic N) is 1. The molecule has 1 aliphatic heterocycles. The van der Waals surface area contributed by atoms with E-state index in [9.17, 15) is 4.79 Å². The summed E-state index contributed by atoms with van der Waals surface area (Å²) in [5, 5.41) is 1.98. The van der Waals surface area contributed by atoms with Gasteiger partial charge in [-0.05, 0) is 32.1 Å². The van der Waals surface area contributed by atoms with Crippen LogP contribution in [0.3, 0.4) is 0 Å². The zero-order chi connectivity index (χ0) is 18.7. The molecule has 0 unspecified atom stereocenters. The van der Waals surface area contributed by atoms with Crippen LogP contribution in [0.25, 0.3) is 0 Å². The Balaban J connectivity index is 1.78. The number of amides is 1. The van der Waals surface area contributed by atoms with Gasteiger partial charge in [0.15, 0.2) is 0 Å². The summed E-state index contributed by atoms with van der Waals surface area (Å²) in [5.74, 6) is 0.157. The Morgan fingerprint density at radius 3 is 2.00 bits per heavy atom. The van der Waals surface area contributed by atoms with Crippen molar-refractivity contribution in [3.8, 4) is 0 Å². The number of rotatable bonds is 16. The van der Waals surface area contributed by atoms with Crippen molar-refractivity contribution in [3.05, 3.63) is 12.2 Å². The van der Waals surface area contributed by atoms with E-state index < -0.39 is 0 Å². The fraction of sp³-hybridized carbons (Fsp3) is 0.864. The average molecular weight is 367 g/mol. The van der Waals surface area contributed by atoms with Gasteiger partial charge in [0.1, 0.15) is 0 Å². The standard InChI is InChI=1S/C22H42N2O2/c1-2-3-4-5-6-7-8-9-10-11-12-13-14-15-16-17-22(25)23-24-18-20-26-21-19-24/h9-10H,2-8,11-21H2,1H3,(H,23,25)/b10-9-. The smallest absolute Gasteiger partial charge is 0.234 e. The fourth-order valence-corrected chi connectivity index (χ4v) is 3.26. The van der Waals surface area contributed by atoms with E-state index in [1.807, 2.05) is 5.01 Å². The molecule has 152 valence electrons. The van der Waals surface area contributed by atoms with Crippen molar-refractivity contribution in [1.29, 1.82) is 0 Å². The van der Waals surface area contributed by atoms with Gasteiger partial charge in [0, 0.05) is 19.5 Å². The first-order chi connectivity index (χ1) is 12.8. The molecule has 0 bridgehead atoms. The summed E-state index contributed by atoms with van der Waals surface area (Å²) in [6, 6.07) is 0. The van der Waals surface area contributed by atoms with Gasteiger partial charge in [-0.3, -0.25) is 10.2 Å². The number of carbonyl (C=O) groups excluding carboxylic acids is 1. The predicted molar refractivity (Wildman–Crippen MR) is 110 cm³/mol. The third kappa shape index (κ3) is 14.3. The highest BCUT2D eigenvalue weighted by molar-refractivity contribution is 5.75. The van der Waals surface area contributed by atoms with Crippen molar-refractivity contribution in [2.75, 3.05) is 26.3 Å². The predicted octanol–water partition coefficient (Wildman–Crippen LogP) is 5.39. The van der Waals surface area contributed by atoms with E-state index in [2.05, 4.69) is 24.5 Å². The molecular formula is C22H42N2O2. The van der Waals surface area contributed by atoms with Crippen LogP contribution >= 0.6 is 0 Å². The van der Waals surface area contributed by atoms with Crippen molar-refractivity contribution < 1.29 is 9.53 Å². The van der Waals surface area contributed by atoms with Crippen LogP contribution in [0.2, 0.25) is 0 Å². The van der Waals surface area contributed by atoms with E-state index in [4.69, 9.17) is 4.74 Å². The number of morpholine rings is 1. The molecule has 0 aliphatic carbocycles. The minimum absolute atomic E-state index is 0.157. The lowest BCUT2D eigenvalue weighted by Crippen LogP contribution is -2.48. The number of nitrogens with one attached hydrogen (secondary N) is 1. The van der Waals surface area contributed by atoms with E-state index in [1.54, 1.807) is 0 Å². The van der Waals surface area contributed by atoms with Crippen molar-refractivity contribution >= 4 is 5.91 Å². The van der Waals surface area contributed by atoms with Crippen molar-refractivity contribution in [2.24, 2.45) is 0 Å². The van der Waals surface area contributed by atoms with Gasteiger partial charge in [-0.2, -0.15) is 0 Å². The molecule has 1 N–H and O–H groups in total. The van der Waals surface area contributed by atoms with E-state index in [-0.39, 0.29) is 5.91 Å². The molecular weight excluding hydrogens is 324 g/mol. The number of hydrogen-bond acceptors (Lipinski definition) is 3. The Kier molecular flexibility index (Phi) is 15.6. The van der Waals surface area contributed by atoms with Gasteiger partial charge in [0.2, 0.25) is 5.91 Å². The van der Waals surface area contributed by atoms with Crippen LogP contribution in [0.1, 0.15) is 96.8 Å². The van der Waals surface area contributed by atoms with Crippen LogP contribution in [-0.4, -0.2) is 37.2 Å². The highest BCUT2D eigenvalue weighted by atomic mass is 16.5. The van der Waals surface area contributed by atoms with Gasteiger partial charge in [-0.1, -0.05) is 70.4 Å². The number of carbonyl (C=O) groups is 1. The maximum atomic E-state index is 11.8. The maximum Gasteiger partial charge on any atom is 0.234 e. The van der Waals surface area contributed by atoms with Gasteiger partial charge in [0.05, 0.1) is 13.2 Å². The minimum atomic E-state index is 0.157. The SMILES string of the molecule is CCCCCCCC/C=C\CCCCCCCC(=O)NN1CCOCC1. The number of allylic oxidation sites excluding steroid dienone is 2. The highest BCUT2D eigenvalue weighted by Gasteiger charge is 2.12. The maximum absolute atomic E-state index is 11.8. The van der Waals surface area contributed by atoms with E-state index in [0.717, 1.165) is 25.9 Å². The van der Waals surface area contributed by atoms with Crippen molar-refractivity contribution in [2.45, 2.75) is 96.8 Å². The average Bonchev–Trinajstić information content (AvgIpc) is 2.65. The van der Waals surface area contributed by atoms with Gasteiger partial charge >= 0.3 is 0 Å². The van der Waals surface area contributed by atoms with E-state index in [1.165, 1.54) is 70.6 Å². The summed E-state index contributed by atoms with van der Waals surface area (Å²) < 4.78 is 5.27. The van der Waals surface area contributed by atoms with Crippen molar-refractivity contribution in [3.63, 3.8) is 0 Å². The Morgan fingerprint density at radius 2 is 1.38 bits per heavy atom.